The third kappa shape index (κ3) is 3.81. The van der Waals surface area contributed by atoms with Crippen LogP contribution < -0.4 is 4.90 Å². The van der Waals surface area contributed by atoms with Crippen LogP contribution in [-0.2, 0) is 13.0 Å². The van der Waals surface area contributed by atoms with Crippen molar-refractivity contribution >= 4 is 27.5 Å². The number of carbonyl (C=O) groups is 1. The SMILES string of the molecule is CN(C)C(=O)c1ccc(CN2CCCCc3cc(Br)ccc32)cc1. The highest BCUT2D eigenvalue weighted by Crippen LogP contribution is 2.30. The van der Waals surface area contributed by atoms with Gasteiger partial charge in [0.05, 0.1) is 0 Å². The van der Waals surface area contributed by atoms with Crippen molar-refractivity contribution in [2.45, 2.75) is 25.8 Å². The number of benzene rings is 2. The fourth-order valence-corrected chi connectivity index (χ4v) is 3.61. The second-order valence-electron chi connectivity index (χ2n) is 6.55. The molecule has 0 atom stereocenters. The highest BCUT2D eigenvalue weighted by Gasteiger charge is 2.16. The van der Waals surface area contributed by atoms with Gasteiger partial charge >= 0.3 is 0 Å². The molecule has 0 fully saturated rings. The third-order valence-electron chi connectivity index (χ3n) is 4.49. The number of aryl methyl sites for hydroxylation is 1. The molecular formula is C20H23BrN2O. The van der Waals surface area contributed by atoms with Crippen LogP contribution in [0.4, 0.5) is 5.69 Å². The van der Waals surface area contributed by atoms with Crippen LogP contribution in [0.3, 0.4) is 0 Å². The molecule has 0 aliphatic carbocycles. The molecule has 1 amide bonds. The summed E-state index contributed by atoms with van der Waals surface area (Å²) in [5, 5.41) is 0. The molecule has 0 aromatic heterocycles. The summed E-state index contributed by atoms with van der Waals surface area (Å²) in [6.45, 7) is 1.96. The van der Waals surface area contributed by atoms with Crippen molar-refractivity contribution in [2.75, 3.05) is 25.5 Å². The second-order valence-corrected chi connectivity index (χ2v) is 7.46. The Morgan fingerprint density at radius 3 is 2.58 bits per heavy atom. The van der Waals surface area contributed by atoms with Gasteiger partial charge in [0.15, 0.2) is 0 Å². The van der Waals surface area contributed by atoms with Gasteiger partial charge in [-0.05, 0) is 60.7 Å². The molecule has 24 heavy (non-hydrogen) atoms. The van der Waals surface area contributed by atoms with E-state index in [9.17, 15) is 4.79 Å². The summed E-state index contributed by atoms with van der Waals surface area (Å²) >= 11 is 3.58. The van der Waals surface area contributed by atoms with E-state index in [4.69, 9.17) is 0 Å². The van der Waals surface area contributed by atoms with Gasteiger partial charge in [0, 0.05) is 42.9 Å². The lowest BCUT2D eigenvalue weighted by molar-refractivity contribution is 0.0827. The van der Waals surface area contributed by atoms with Crippen LogP contribution in [0.25, 0.3) is 0 Å². The quantitative estimate of drug-likeness (QED) is 0.775. The smallest absolute Gasteiger partial charge is 0.253 e. The maximum atomic E-state index is 12.0. The van der Waals surface area contributed by atoms with Gasteiger partial charge in [0.25, 0.3) is 5.91 Å². The monoisotopic (exact) mass is 386 g/mol. The molecule has 0 N–H and O–H groups in total. The standard InChI is InChI=1S/C20H23BrN2O/c1-22(2)20(24)16-8-6-15(7-9-16)14-23-12-4-3-5-17-13-18(21)10-11-19(17)23/h6-11,13H,3-5,12,14H2,1-2H3. The summed E-state index contributed by atoms with van der Waals surface area (Å²) in [5.74, 6) is 0.0477. The van der Waals surface area contributed by atoms with E-state index < -0.39 is 0 Å². The molecule has 1 heterocycles. The average Bonchev–Trinajstić information content (AvgIpc) is 2.76. The molecule has 2 aromatic rings. The van der Waals surface area contributed by atoms with Crippen LogP contribution in [0.15, 0.2) is 46.9 Å². The molecule has 0 unspecified atom stereocenters. The van der Waals surface area contributed by atoms with Crippen molar-refractivity contribution in [3.63, 3.8) is 0 Å². The van der Waals surface area contributed by atoms with E-state index in [-0.39, 0.29) is 5.91 Å². The first-order valence-electron chi connectivity index (χ1n) is 8.38. The summed E-state index contributed by atoms with van der Waals surface area (Å²) in [6, 6.07) is 14.6. The van der Waals surface area contributed by atoms with Gasteiger partial charge < -0.3 is 9.80 Å². The van der Waals surface area contributed by atoms with E-state index in [0.717, 1.165) is 29.5 Å². The number of amides is 1. The Kier molecular flexibility index (Phi) is 5.24. The molecular weight excluding hydrogens is 364 g/mol. The number of hydrogen-bond donors (Lipinski definition) is 0. The number of halogens is 1. The molecule has 0 saturated heterocycles. The molecule has 0 bridgehead atoms. The lowest BCUT2D eigenvalue weighted by atomic mass is 10.1. The largest absolute Gasteiger partial charge is 0.367 e. The van der Waals surface area contributed by atoms with Crippen LogP contribution in [-0.4, -0.2) is 31.4 Å². The normalized spacial score (nSPS) is 14.0. The fraction of sp³-hybridized carbons (Fsp3) is 0.350. The van der Waals surface area contributed by atoms with Crippen molar-refractivity contribution in [2.24, 2.45) is 0 Å². The summed E-state index contributed by atoms with van der Waals surface area (Å²) < 4.78 is 1.15. The molecule has 1 aliphatic rings. The fourth-order valence-electron chi connectivity index (χ4n) is 3.20. The Morgan fingerprint density at radius 1 is 1.12 bits per heavy atom. The zero-order chi connectivity index (χ0) is 17.1. The molecule has 3 nitrogen and oxygen atoms in total. The van der Waals surface area contributed by atoms with Crippen LogP contribution in [0.5, 0.6) is 0 Å². The number of nitrogens with zero attached hydrogens (tertiary/aromatic N) is 2. The van der Waals surface area contributed by atoms with Crippen LogP contribution >= 0.6 is 15.9 Å². The Labute approximate surface area is 152 Å². The van der Waals surface area contributed by atoms with Crippen molar-refractivity contribution in [1.82, 2.24) is 4.90 Å². The lowest BCUT2D eigenvalue weighted by Gasteiger charge is -2.25. The Balaban J connectivity index is 1.80. The first-order valence-corrected chi connectivity index (χ1v) is 9.18. The minimum atomic E-state index is 0.0477. The van der Waals surface area contributed by atoms with E-state index in [1.165, 1.54) is 29.7 Å². The Bertz CT molecular complexity index is 725. The Morgan fingerprint density at radius 2 is 1.88 bits per heavy atom. The highest BCUT2D eigenvalue weighted by molar-refractivity contribution is 9.10. The summed E-state index contributed by atoms with van der Waals surface area (Å²) in [7, 11) is 3.56. The van der Waals surface area contributed by atoms with Crippen molar-refractivity contribution in [3.05, 3.63) is 63.6 Å². The number of anilines is 1. The van der Waals surface area contributed by atoms with Gasteiger partial charge in [-0.25, -0.2) is 0 Å². The van der Waals surface area contributed by atoms with Crippen LogP contribution in [0.1, 0.15) is 34.3 Å². The number of rotatable bonds is 3. The van der Waals surface area contributed by atoms with E-state index in [1.807, 2.05) is 12.1 Å². The van der Waals surface area contributed by atoms with E-state index in [0.29, 0.717) is 0 Å². The first-order chi connectivity index (χ1) is 11.5. The van der Waals surface area contributed by atoms with Gasteiger partial charge in [-0.15, -0.1) is 0 Å². The molecule has 4 heteroatoms. The topological polar surface area (TPSA) is 23.6 Å². The highest BCUT2D eigenvalue weighted by atomic mass is 79.9. The van der Waals surface area contributed by atoms with E-state index in [2.05, 4.69) is 51.2 Å². The lowest BCUT2D eigenvalue weighted by Crippen LogP contribution is -2.24. The molecule has 0 radical (unpaired) electrons. The molecule has 2 aromatic carbocycles. The summed E-state index contributed by atoms with van der Waals surface area (Å²) in [6.07, 6.45) is 3.58. The Hall–Kier alpha value is -1.81. The maximum absolute atomic E-state index is 12.0. The molecule has 126 valence electrons. The second kappa shape index (κ2) is 7.39. The van der Waals surface area contributed by atoms with E-state index in [1.54, 1.807) is 19.0 Å². The zero-order valence-electron chi connectivity index (χ0n) is 14.3. The van der Waals surface area contributed by atoms with Gasteiger partial charge in [-0.3, -0.25) is 4.79 Å². The van der Waals surface area contributed by atoms with Crippen LogP contribution in [0.2, 0.25) is 0 Å². The minimum absolute atomic E-state index is 0.0477. The van der Waals surface area contributed by atoms with Gasteiger partial charge in [0.2, 0.25) is 0 Å². The maximum Gasteiger partial charge on any atom is 0.253 e. The number of hydrogen-bond acceptors (Lipinski definition) is 2. The number of fused-ring (bicyclic) bond motifs is 1. The predicted molar refractivity (Wildman–Crippen MR) is 103 cm³/mol. The summed E-state index contributed by atoms with van der Waals surface area (Å²) in [5.41, 5.74) is 4.73. The van der Waals surface area contributed by atoms with Crippen molar-refractivity contribution in [3.8, 4) is 0 Å². The van der Waals surface area contributed by atoms with Gasteiger partial charge in [0.1, 0.15) is 0 Å². The average molecular weight is 387 g/mol. The van der Waals surface area contributed by atoms with Gasteiger partial charge in [-0.2, -0.15) is 0 Å². The first kappa shape index (κ1) is 17.0. The third-order valence-corrected chi connectivity index (χ3v) is 4.98. The van der Waals surface area contributed by atoms with Crippen molar-refractivity contribution < 1.29 is 4.79 Å². The van der Waals surface area contributed by atoms with E-state index >= 15 is 0 Å². The van der Waals surface area contributed by atoms with Gasteiger partial charge in [-0.1, -0.05) is 28.1 Å². The predicted octanol–water partition coefficient (Wildman–Crippen LogP) is 4.49. The zero-order valence-corrected chi connectivity index (χ0v) is 15.8. The molecule has 0 saturated carbocycles. The van der Waals surface area contributed by atoms with Crippen LogP contribution in [0, 0.1) is 0 Å². The summed E-state index contributed by atoms with van der Waals surface area (Å²) in [4.78, 5) is 16.1. The molecule has 0 spiro atoms. The molecule has 3 rings (SSSR count). The van der Waals surface area contributed by atoms with Crippen molar-refractivity contribution in [1.29, 1.82) is 0 Å². The minimum Gasteiger partial charge on any atom is -0.367 e. The molecule has 1 aliphatic heterocycles. The number of carbonyl (C=O) groups excluding carboxylic acids is 1.